The Hall–Kier alpha value is -1.92. The van der Waals surface area contributed by atoms with Crippen molar-refractivity contribution in [2.75, 3.05) is 13.1 Å². The fourth-order valence-electron chi connectivity index (χ4n) is 1.74. The topological polar surface area (TPSA) is 88.3 Å². The van der Waals surface area contributed by atoms with Crippen molar-refractivity contribution in [3.8, 4) is 0 Å². The van der Waals surface area contributed by atoms with Crippen LogP contribution in [-0.2, 0) is 16.1 Å². The highest BCUT2D eigenvalue weighted by Gasteiger charge is 2.30. The molecule has 1 aliphatic rings. The Balaban J connectivity index is 1.90. The number of aromatic nitrogens is 3. The summed E-state index contributed by atoms with van der Waals surface area (Å²) in [7, 11) is 0. The predicted molar refractivity (Wildman–Crippen MR) is 52.3 cm³/mol. The third kappa shape index (κ3) is 2.18. The molecule has 0 aromatic carbocycles. The summed E-state index contributed by atoms with van der Waals surface area (Å²) < 4.78 is 1.43. The summed E-state index contributed by atoms with van der Waals surface area (Å²) in [6.07, 6.45) is 3.35. The van der Waals surface area contributed by atoms with Gasteiger partial charge in [0, 0.05) is 13.1 Å². The maximum atomic E-state index is 11.7. The van der Waals surface area contributed by atoms with Gasteiger partial charge in [0.2, 0.25) is 5.91 Å². The van der Waals surface area contributed by atoms with Crippen LogP contribution in [0.25, 0.3) is 0 Å². The van der Waals surface area contributed by atoms with E-state index in [-0.39, 0.29) is 12.5 Å². The number of aliphatic carboxylic acids is 1. The molecule has 1 fully saturated rings. The van der Waals surface area contributed by atoms with Gasteiger partial charge in [0.25, 0.3) is 0 Å². The molecule has 2 rings (SSSR count). The lowest BCUT2D eigenvalue weighted by Crippen LogP contribution is -2.32. The monoisotopic (exact) mass is 224 g/mol. The molecule has 2 heterocycles. The molecule has 16 heavy (non-hydrogen) atoms. The van der Waals surface area contributed by atoms with Crippen molar-refractivity contribution < 1.29 is 14.7 Å². The van der Waals surface area contributed by atoms with Gasteiger partial charge in [-0.05, 0) is 6.42 Å². The Bertz CT molecular complexity index is 389. The normalized spacial score (nSPS) is 20.0. The van der Waals surface area contributed by atoms with Crippen molar-refractivity contribution in [2.45, 2.75) is 13.0 Å². The second kappa shape index (κ2) is 4.30. The molecule has 1 N–H and O–H groups in total. The van der Waals surface area contributed by atoms with E-state index in [0.717, 1.165) is 0 Å². The van der Waals surface area contributed by atoms with Gasteiger partial charge < -0.3 is 10.0 Å². The van der Waals surface area contributed by atoms with Crippen molar-refractivity contribution in [1.82, 2.24) is 19.7 Å². The zero-order valence-electron chi connectivity index (χ0n) is 8.61. The molecule has 0 bridgehead atoms. The summed E-state index contributed by atoms with van der Waals surface area (Å²) in [4.78, 5) is 27.7. The first-order valence-corrected chi connectivity index (χ1v) is 5.00. The predicted octanol–water partition coefficient (Wildman–Crippen LogP) is -0.789. The lowest BCUT2D eigenvalue weighted by atomic mass is 10.1. The zero-order chi connectivity index (χ0) is 11.5. The van der Waals surface area contributed by atoms with Gasteiger partial charge in [0.1, 0.15) is 19.2 Å². The summed E-state index contributed by atoms with van der Waals surface area (Å²) in [6, 6.07) is 0. The Morgan fingerprint density at radius 2 is 2.31 bits per heavy atom. The van der Waals surface area contributed by atoms with Crippen LogP contribution >= 0.6 is 0 Å². The minimum atomic E-state index is -0.837. The first-order chi connectivity index (χ1) is 7.66. The third-order valence-electron chi connectivity index (χ3n) is 2.65. The molecule has 0 aliphatic carbocycles. The second-order valence-corrected chi connectivity index (χ2v) is 3.76. The Morgan fingerprint density at radius 1 is 1.50 bits per heavy atom. The van der Waals surface area contributed by atoms with Crippen LogP contribution < -0.4 is 0 Å². The van der Waals surface area contributed by atoms with Crippen LogP contribution in [0.5, 0.6) is 0 Å². The lowest BCUT2D eigenvalue weighted by molar-refractivity contribution is -0.141. The largest absolute Gasteiger partial charge is 0.481 e. The van der Waals surface area contributed by atoms with Crippen molar-refractivity contribution >= 4 is 11.9 Å². The van der Waals surface area contributed by atoms with Crippen LogP contribution in [0.4, 0.5) is 0 Å². The van der Waals surface area contributed by atoms with Gasteiger partial charge in [-0.15, -0.1) is 0 Å². The molecule has 7 nitrogen and oxygen atoms in total. The molecule has 1 aliphatic heterocycles. The summed E-state index contributed by atoms with van der Waals surface area (Å²) in [6.45, 7) is 0.916. The van der Waals surface area contributed by atoms with Crippen molar-refractivity contribution in [1.29, 1.82) is 0 Å². The summed E-state index contributed by atoms with van der Waals surface area (Å²) in [5, 5.41) is 12.6. The molecule has 7 heteroatoms. The molecule has 1 aromatic rings. The number of rotatable bonds is 3. The summed E-state index contributed by atoms with van der Waals surface area (Å²) >= 11 is 0. The first kappa shape index (κ1) is 10.6. The standard InChI is InChI=1S/C9H12N4O3/c14-8(4-13-6-10-5-11-13)12-2-1-7(3-12)9(15)16/h5-7H,1-4H2,(H,15,16). The minimum absolute atomic E-state index is 0.116. The first-order valence-electron chi connectivity index (χ1n) is 5.00. The number of carboxylic acid groups (broad SMARTS) is 1. The van der Waals surface area contributed by atoms with Crippen molar-refractivity contribution in [3.63, 3.8) is 0 Å². The van der Waals surface area contributed by atoms with E-state index in [1.165, 1.54) is 17.3 Å². The third-order valence-corrected chi connectivity index (χ3v) is 2.65. The molecule has 1 atom stereocenters. The molecule has 1 amide bonds. The number of likely N-dealkylation sites (tertiary alicyclic amines) is 1. The van der Waals surface area contributed by atoms with Gasteiger partial charge in [-0.25, -0.2) is 9.67 Å². The molecule has 0 spiro atoms. The van der Waals surface area contributed by atoms with Gasteiger partial charge in [0.05, 0.1) is 5.92 Å². The Morgan fingerprint density at radius 3 is 2.88 bits per heavy atom. The molecular weight excluding hydrogens is 212 g/mol. The van der Waals surface area contributed by atoms with E-state index in [4.69, 9.17) is 5.11 Å². The van der Waals surface area contributed by atoms with Gasteiger partial charge in [-0.3, -0.25) is 9.59 Å². The average Bonchev–Trinajstić information content (AvgIpc) is 2.86. The number of amides is 1. The van der Waals surface area contributed by atoms with Gasteiger partial charge in [0.15, 0.2) is 0 Å². The van der Waals surface area contributed by atoms with E-state index < -0.39 is 11.9 Å². The molecule has 1 unspecified atom stereocenters. The molecular formula is C9H12N4O3. The van der Waals surface area contributed by atoms with Gasteiger partial charge >= 0.3 is 5.97 Å². The highest BCUT2D eigenvalue weighted by Crippen LogP contribution is 2.16. The van der Waals surface area contributed by atoms with Crippen LogP contribution in [0.3, 0.4) is 0 Å². The quantitative estimate of drug-likeness (QED) is 0.727. The maximum absolute atomic E-state index is 11.7. The highest BCUT2D eigenvalue weighted by atomic mass is 16.4. The smallest absolute Gasteiger partial charge is 0.308 e. The van der Waals surface area contributed by atoms with Crippen LogP contribution in [0.2, 0.25) is 0 Å². The average molecular weight is 224 g/mol. The van der Waals surface area contributed by atoms with Crippen molar-refractivity contribution in [2.24, 2.45) is 5.92 Å². The van der Waals surface area contributed by atoms with Crippen LogP contribution in [0.1, 0.15) is 6.42 Å². The SMILES string of the molecule is O=C(O)C1CCN(C(=O)Cn2cncn2)C1. The summed E-state index contributed by atoms with van der Waals surface area (Å²) in [5.74, 6) is -1.38. The number of hydrogen-bond acceptors (Lipinski definition) is 4. The van der Waals surface area contributed by atoms with E-state index in [1.807, 2.05) is 0 Å². The molecule has 1 saturated heterocycles. The molecule has 1 aromatic heterocycles. The second-order valence-electron chi connectivity index (χ2n) is 3.76. The minimum Gasteiger partial charge on any atom is -0.481 e. The van der Waals surface area contributed by atoms with E-state index in [0.29, 0.717) is 19.5 Å². The number of carbonyl (C=O) groups is 2. The van der Waals surface area contributed by atoms with Crippen molar-refractivity contribution in [3.05, 3.63) is 12.7 Å². The van der Waals surface area contributed by atoms with E-state index >= 15 is 0 Å². The Labute approximate surface area is 91.7 Å². The zero-order valence-corrected chi connectivity index (χ0v) is 8.61. The fourth-order valence-corrected chi connectivity index (χ4v) is 1.74. The number of nitrogens with zero attached hydrogens (tertiary/aromatic N) is 4. The van der Waals surface area contributed by atoms with Gasteiger partial charge in [-0.1, -0.05) is 0 Å². The maximum Gasteiger partial charge on any atom is 0.308 e. The van der Waals surface area contributed by atoms with Crippen LogP contribution in [0, 0.1) is 5.92 Å². The van der Waals surface area contributed by atoms with Crippen LogP contribution in [0.15, 0.2) is 12.7 Å². The van der Waals surface area contributed by atoms with Gasteiger partial charge in [-0.2, -0.15) is 5.10 Å². The Kier molecular flexibility index (Phi) is 2.84. The highest BCUT2D eigenvalue weighted by molar-refractivity contribution is 5.78. The lowest BCUT2D eigenvalue weighted by Gasteiger charge is -2.15. The number of carbonyl (C=O) groups excluding carboxylic acids is 1. The van der Waals surface area contributed by atoms with Crippen LogP contribution in [-0.4, -0.2) is 49.7 Å². The molecule has 86 valence electrons. The number of hydrogen-bond donors (Lipinski definition) is 1. The van der Waals surface area contributed by atoms with E-state index in [1.54, 1.807) is 4.90 Å². The number of carboxylic acids is 1. The molecule has 0 radical (unpaired) electrons. The molecule has 0 saturated carbocycles. The van der Waals surface area contributed by atoms with E-state index in [2.05, 4.69) is 10.1 Å². The fraction of sp³-hybridized carbons (Fsp3) is 0.556. The summed E-state index contributed by atoms with van der Waals surface area (Å²) in [5.41, 5.74) is 0. The van der Waals surface area contributed by atoms with E-state index in [9.17, 15) is 9.59 Å².